The number of aryl methyl sites for hydroxylation is 1. The average Bonchev–Trinajstić information content (AvgIpc) is 3.41. The zero-order chi connectivity index (χ0) is 30.0. The smallest absolute Gasteiger partial charge is 0.394 e. The first kappa shape index (κ1) is 30.1. The Balaban J connectivity index is 1.73. The molecular weight excluding hydrogens is 575 g/mol. The maximum absolute atomic E-state index is 13.4. The van der Waals surface area contributed by atoms with Crippen molar-refractivity contribution in [1.29, 1.82) is 0 Å². The molecule has 41 heavy (non-hydrogen) atoms. The van der Waals surface area contributed by atoms with E-state index in [4.69, 9.17) is 28.0 Å². The summed E-state index contributed by atoms with van der Waals surface area (Å²) in [6.07, 6.45) is -9.64. The number of nitrogens with one attached hydrogen (secondary N) is 1. The quantitative estimate of drug-likeness (QED) is 0.222. The van der Waals surface area contributed by atoms with E-state index in [9.17, 15) is 39.2 Å². The number of phosphoric acid groups is 1. The highest BCUT2D eigenvalue weighted by Crippen LogP contribution is 2.50. The lowest BCUT2D eigenvalue weighted by Crippen LogP contribution is -2.68. The summed E-state index contributed by atoms with van der Waals surface area (Å²) in [6, 6.07) is -2.73. The second-order valence-electron chi connectivity index (χ2n) is 10.3. The Kier molecular flexibility index (Phi) is 7.88. The molecule has 18 nitrogen and oxygen atoms in total. The first-order valence-corrected chi connectivity index (χ1v) is 14.0. The Hall–Kier alpha value is -2.35. The van der Waals surface area contributed by atoms with Crippen molar-refractivity contribution in [1.82, 2.24) is 19.8 Å². The normalized spacial score (nSPS) is 42.8. The van der Waals surface area contributed by atoms with E-state index < -0.39 is 99.4 Å². The van der Waals surface area contributed by atoms with Gasteiger partial charge in [0, 0.05) is 20.4 Å². The number of aliphatic hydroxyl groups excluding tert-OH is 2. The number of nitrogens with zero attached hydrogens (tertiary/aromatic N) is 3. The van der Waals surface area contributed by atoms with E-state index in [1.54, 1.807) is 0 Å². The molecule has 19 heteroatoms. The van der Waals surface area contributed by atoms with Gasteiger partial charge in [-0.3, -0.25) is 28.6 Å². The number of phosphoric ester groups is 1. The maximum Gasteiger partial charge on any atom is 0.472 e. The molecule has 0 saturated carbocycles. The van der Waals surface area contributed by atoms with Crippen molar-refractivity contribution in [2.75, 3.05) is 27.4 Å². The molecule has 6 rings (SSSR count). The molecule has 5 aliphatic heterocycles. The number of hydrogen-bond acceptors (Lipinski definition) is 14. The molecule has 11 atom stereocenters. The van der Waals surface area contributed by atoms with Crippen LogP contribution in [-0.2, 0) is 37.4 Å². The van der Waals surface area contributed by atoms with Crippen molar-refractivity contribution < 1.29 is 62.4 Å². The first-order chi connectivity index (χ1) is 19.2. The molecule has 1 aromatic heterocycles. The van der Waals surface area contributed by atoms with Crippen LogP contribution in [0.15, 0.2) is 11.0 Å². The third-order valence-corrected chi connectivity index (χ3v) is 8.67. The van der Waals surface area contributed by atoms with E-state index in [2.05, 4.69) is 4.98 Å². The lowest BCUT2D eigenvalue weighted by molar-refractivity contribution is -0.166. The molecule has 3 fully saturated rings. The summed E-state index contributed by atoms with van der Waals surface area (Å²) in [6.45, 7) is 1.16. The number of urea groups is 1. The fourth-order valence-electron chi connectivity index (χ4n) is 5.64. The van der Waals surface area contributed by atoms with Crippen molar-refractivity contribution in [3.05, 3.63) is 27.9 Å². The summed E-state index contributed by atoms with van der Waals surface area (Å²) in [5, 5.41) is 34.2. The molecule has 0 aromatic carbocycles. The van der Waals surface area contributed by atoms with Crippen molar-refractivity contribution in [3.63, 3.8) is 0 Å². The van der Waals surface area contributed by atoms with Crippen LogP contribution in [0, 0.1) is 6.92 Å². The van der Waals surface area contributed by atoms with Gasteiger partial charge in [0.05, 0.1) is 18.9 Å². The number of methoxy groups -OCH3 is 2. The predicted molar refractivity (Wildman–Crippen MR) is 130 cm³/mol. The minimum absolute atomic E-state index is 0.185. The Bertz CT molecular complexity index is 1320. The molecule has 1 aromatic rings. The molecular formula is C22H31N4O14P. The topological polar surface area (TPSA) is 238 Å². The Labute approximate surface area is 232 Å². The molecule has 0 radical (unpaired) electrons. The first-order valence-electron chi connectivity index (χ1n) is 12.5. The number of ether oxygens (including phenoxy) is 4. The van der Waals surface area contributed by atoms with Crippen molar-refractivity contribution >= 4 is 19.8 Å². The fraction of sp³-hybridized carbons (Fsp3) is 0.727. The van der Waals surface area contributed by atoms with Gasteiger partial charge in [0.1, 0.15) is 42.7 Å². The fourth-order valence-corrected chi connectivity index (χ4v) is 6.60. The number of rotatable bonds is 3. The molecule has 5 N–H and O–H groups in total. The highest BCUT2D eigenvalue weighted by molar-refractivity contribution is 7.47. The monoisotopic (exact) mass is 606 g/mol. The van der Waals surface area contributed by atoms with Gasteiger partial charge in [-0.15, -0.1) is 0 Å². The van der Waals surface area contributed by atoms with Gasteiger partial charge >= 0.3 is 19.5 Å². The molecule has 6 heterocycles. The zero-order valence-electron chi connectivity index (χ0n) is 22.3. The minimum Gasteiger partial charge on any atom is -0.394 e. The number of aromatic nitrogens is 2. The van der Waals surface area contributed by atoms with E-state index in [0.717, 1.165) is 16.4 Å². The zero-order valence-corrected chi connectivity index (χ0v) is 23.2. The van der Waals surface area contributed by atoms with Gasteiger partial charge < -0.3 is 39.2 Å². The molecule has 0 spiro atoms. The second-order valence-corrected chi connectivity index (χ2v) is 11.7. The summed E-state index contributed by atoms with van der Waals surface area (Å²) in [5.41, 5.74) is -3.30. The van der Waals surface area contributed by atoms with Gasteiger partial charge in [-0.25, -0.2) is 14.2 Å². The van der Waals surface area contributed by atoms with Crippen LogP contribution < -0.4 is 11.0 Å². The standard InChI is InChI=1S/C22H31N4O14P/c1-8-5-25-17-14(35-3)12(28)10(39-17)7-37-41(33,34)40-13-9(6-27)38-18(15(13)36-4)26-16(11(8)23-20(25)30)22(2,32)19(29)24-21(26)31/h5,9-10,12-18,27-28,32H,6-7H2,1-4H3,(H,33,34)(H,24,29,31)/t9-,10-,12-,13-,14-,15-,16+,17-,18-,22-/m1/s1. The highest BCUT2D eigenvalue weighted by atomic mass is 31.2. The Morgan fingerprint density at radius 1 is 1.20 bits per heavy atom. The molecule has 0 aliphatic carbocycles. The number of imide groups is 1. The number of aliphatic hydroxyl groups is 3. The number of fused-ring (bicyclic) bond motifs is 5. The van der Waals surface area contributed by atoms with Crippen molar-refractivity contribution in [3.8, 4) is 0 Å². The van der Waals surface area contributed by atoms with Gasteiger partial charge in [0.15, 0.2) is 18.1 Å². The summed E-state index contributed by atoms with van der Waals surface area (Å²) in [5.74, 6) is -1.10. The highest BCUT2D eigenvalue weighted by Gasteiger charge is 2.60. The Morgan fingerprint density at radius 2 is 1.88 bits per heavy atom. The summed E-state index contributed by atoms with van der Waals surface area (Å²) in [7, 11) is -2.55. The van der Waals surface area contributed by atoms with Gasteiger partial charge in [0.25, 0.3) is 5.91 Å². The third kappa shape index (κ3) is 4.92. The number of carbonyl (C=O) groups is 2. The predicted octanol–water partition coefficient (Wildman–Crippen LogP) is -2.58. The molecule has 228 valence electrons. The molecule has 5 aliphatic rings. The molecule has 1 unspecified atom stereocenters. The van der Waals surface area contributed by atoms with Crippen LogP contribution in [0.2, 0.25) is 0 Å². The van der Waals surface area contributed by atoms with Crippen molar-refractivity contribution in [2.45, 2.75) is 74.6 Å². The molecule has 3 amide bonds. The van der Waals surface area contributed by atoms with E-state index in [-0.39, 0.29) is 11.3 Å². The van der Waals surface area contributed by atoms with Crippen LogP contribution in [-0.4, -0.2) is 122 Å². The maximum atomic E-state index is 13.4. The molecule has 6 bridgehead atoms. The van der Waals surface area contributed by atoms with E-state index in [1.165, 1.54) is 27.3 Å². The van der Waals surface area contributed by atoms with E-state index in [0.29, 0.717) is 0 Å². The van der Waals surface area contributed by atoms with Gasteiger partial charge in [-0.1, -0.05) is 0 Å². The lowest BCUT2D eigenvalue weighted by atomic mass is 9.87. The van der Waals surface area contributed by atoms with Crippen LogP contribution in [0.3, 0.4) is 0 Å². The van der Waals surface area contributed by atoms with E-state index in [1.807, 2.05) is 5.32 Å². The average molecular weight is 606 g/mol. The number of carbonyl (C=O) groups excluding carboxylic acids is 2. The van der Waals surface area contributed by atoms with Gasteiger partial charge in [-0.2, -0.15) is 4.98 Å². The van der Waals surface area contributed by atoms with Gasteiger partial charge in [-0.05, 0) is 19.4 Å². The number of amides is 3. The van der Waals surface area contributed by atoms with Crippen LogP contribution in [0.25, 0.3) is 0 Å². The van der Waals surface area contributed by atoms with Gasteiger partial charge in [0.2, 0.25) is 0 Å². The van der Waals surface area contributed by atoms with Crippen molar-refractivity contribution in [2.24, 2.45) is 0 Å². The second kappa shape index (κ2) is 10.7. The largest absolute Gasteiger partial charge is 0.472 e. The summed E-state index contributed by atoms with van der Waals surface area (Å²) < 4.78 is 46.8. The lowest BCUT2D eigenvalue weighted by Gasteiger charge is -2.46. The third-order valence-electron chi connectivity index (χ3n) is 7.69. The van der Waals surface area contributed by atoms with Crippen LogP contribution in [0.5, 0.6) is 0 Å². The Morgan fingerprint density at radius 3 is 2.51 bits per heavy atom. The summed E-state index contributed by atoms with van der Waals surface area (Å²) in [4.78, 5) is 55.0. The summed E-state index contributed by atoms with van der Waals surface area (Å²) >= 11 is 0. The van der Waals surface area contributed by atoms with Crippen LogP contribution in [0.4, 0.5) is 4.79 Å². The van der Waals surface area contributed by atoms with E-state index >= 15 is 0 Å². The van der Waals surface area contributed by atoms with Crippen LogP contribution >= 0.6 is 7.82 Å². The minimum atomic E-state index is -4.98. The SMILES string of the molecule is CO[C@@H]1[C@@H]2OP(=O)(O)OC[C@H]3O[C@H]([C@H](OC)[C@@H]3O)n3cc(C)c(nc3=O)[C@@H]3N(C(=O)NC(=O)[C@]3(C)O)[C@@H]1O[C@@H]2CO. The molecule has 3 saturated heterocycles. The van der Waals surface area contributed by atoms with Crippen LogP contribution in [0.1, 0.15) is 30.5 Å². The number of hydrogen-bond donors (Lipinski definition) is 5.